The summed E-state index contributed by atoms with van der Waals surface area (Å²) >= 11 is 0. The summed E-state index contributed by atoms with van der Waals surface area (Å²) in [6.07, 6.45) is 2.85. The van der Waals surface area contributed by atoms with Crippen LogP contribution in [0.5, 0.6) is 0 Å². The van der Waals surface area contributed by atoms with Crippen molar-refractivity contribution in [3.63, 3.8) is 0 Å². The van der Waals surface area contributed by atoms with Crippen molar-refractivity contribution in [3.05, 3.63) is 35.4 Å². The summed E-state index contributed by atoms with van der Waals surface area (Å²) in [7, 11) is 0. The summed E-state index contributed by atoms with van der Waals surface area (Å²) in [4.78, 5) is 2.51. The Morgan fingerprint density at radius 1 is 1.16 bits per heavy atom. The van der Waals surface area contributed by atoms with Crippen LogP contribution in [0.4, 0.5) is 0 Å². The molecule has 1 saturated heterocycles. The molecule has 1 aromatic carbocycles. The molecule has 0 spiro atoms. The highest BCUT2D eigenvalue weighted by Gasteiger charge is 2.10. The minimum absolute atomic E-state index is 0.302. The third kappa shape index (κ3) is 4.94. The van der Waals surface area contributed by atoms with Crippen molar-refractivity contribution in [2.45, 2.75) is 32.3 Å². The molecule has 0 amide bonds. The number of nitrogens with one attached hydrogen (secondary N) is 1. The van der Waals surface area contributed by atoms with Gasteiger partial charge in [-0.15, -0.1) is 0 Å². The van der Waals surface area contributed by atoms with E-state index in [0.29, 0.717) is 0 Å². The van der Waals surface area contributed by atoms with Gasteiger partial charge in [0.2, 0.25) is 0 Å². The molecule has 1 fully saturated rings. The van der Waals surface area contributed by atoms with Crippen LogP contribution in [0.3, 0.4) is 0 Å². The lowest BCUT2D eigenvalue weighted by Gasteiger charge is -2.27. The zero-order valence-corrected chi connectivity index (χ0v) is 11.9. The highest BCUT2D eigenvalue weighted by molar-refractivity contribution is 5.22. The predicted octanol–water partition coefficient (Wildman–Crippen LogP) is 2.10. The quantitative estimate of drug-likeness (QED) is 0.771. The van der Waals surface area contributed by atoms with Gasteiger partial charge in [0.1, 0.15) is 0 Å². The monoisotopic (exact) mass is 262 g/mol. The van der Waals surface area contributed by atoms with E-state index < -0.39 is 0 Å². The van der Waals surface area contributed by atoms with Gasteiger partial charge in [0.25, 0.3) is 0 Å². The molecule has 0 radical (unpaired) electrons. The smallest absolute Gasteiger partial charge is 0.0790 e. The van der Waals surface area contributed by atoms with Crippen molar-refractivity contribution in [1.29, 1.82) is 0 Å². The van der Waals surface area contributed by atoms with Crippen LogP contribution in [-0.2, 0) is 0 Å². The Morgan fingerprint density at radius 2 is 1.84 bits per heavy atom. The second-order valence-electron chi connectivity index (χ2n) is 5.51. The van der Waals surface area contributed by atoms with Crippen LogP contribution in [0.1, 0.15) is 36.5 Å². The molecule has 0 saturated carbocycles. The Morgan fingerprint density at radius 3 is 2.53 bits per heavy atom. The molecule has 3 heteroatoms. The molecule has 2 rings (SSSR count). The maximum absolute atomic E-state index is 10.1. The average molecular weight is 262 g/mol. The summed E-state index contributed by atoms with van der Waals surface area (Å²) in [6.45, 7) is 7.81. The number of hydrogen-bond acceptors (Lipinski definition) is 3. The van der Waals surface area contributed by atoms with Crippen LogP contribution in [0.15, 0.2) is 24.3 Å². The second-order valence-corrected chi connectivity index (χ2v) is 5.51. The van der Waals surface area contributed by atoms with Gasteiger partial charge >= 0.3 is 0 Å². The first kappa shape index (κ1) is 14.5. The zero-order valence-electron chi connectivity index (χ0n) is 11.9. The lowest BCUT2D eigenvalue weighted by molar-refractivity contribution is 0.159. The molecule has 1 heterocycles. The minimum Gasteiger partial charge on any atom is -0.388 e. The molecule has 1 aromatic rings. The van der Waals surface area contributed by atoms with Crippen molar-refractivity contribution < 1.29 is 5.11 Å². The fourth-order valence-corrected chi connectivity index (χ4v) is 2.56. The number of hydrogen-bond donors (Lipinski definition) is 2. The van der Waals surface area contributed by atoms with Gasteiger partial charge in [-0.2, -0.15) is 0 Å². The Kier molecular flexibility index (Phi) is 5.83. The van der Waals surface area contributed by atoms with Gasteiger partial charge in [-0.3, -0.25) is 0 Å². The molecule has 1 atom stereocenters. The lowest BCUT2D eigenvalue weighted by atomic mass is 10.0. The summed E-state index contributed by atoms with van der Waals surface area (Å²) in [6, 6.07) is 8.21. The topological polar surface area (TPSA) is 35.5 Å². The highest BCUT2D eigenvalue weighted by atomic mass is 16.3. The van der Waals surface area contributed by atoms with E-state index in [1.165, 1.54) is 31.6 Å². The van der Waals surface area contributed by atoms with Crippen molar-refractivity contribution in [2.75, 3.05) is 32.7 Å². The molecular weight excluding hydrogens is 236 g/mol. The van der Waals surface area contributed by atoms with Crippen molar-refractivity contribution >= 4 is 0 Å². The fraction of sp³-hybridized carbons (Fsp3) is 0.625. The van der Waals surface area contributed by atoms with E-state index in [1.54, 1.807) is 0 Å². The molecule has 106 valence electrons. The Hall–Kier alpha value is -0.900. The van der Waals surface area contributed by atoms with Crippen molar-refractivity contribution in [1.82, 2.24) is 10.2 Å². The Balaban J connectivity index is 1.63. The molecule has 1 unspecified atom stereocenters. The molecule has 3 nitrogen and oxygen atoms in total. The largest absolute Gasteiger partial charge is 0.388 e. The van der Waals surface area contributed by atoms with E-state index in [1.807, 2.05) is 12.1 Å². The molecule has 1 aliphatic heterocycles. The van der Waals surface area contributed by atoms with Crippen LogP contribution in [0.2, 0.25) is 0 Å². The van der Waals surface area contributed by atoms with E-state index in [9.17, 15) is 5.11 Å². The van der Waals surface area contributed by atoms with Gasteiger partial charge < -0.3 is 15.3 Å². The van der Waals surface area contributed by atoms with E-state index in [0.717, 1.165) is 31.5 Å². The molecular formula is C16H26N2O. The summed E-state index contributed by atoms with van der Waals surface area (Å²) < 4.78 is 0. The number of piperazine rings is 1. The third-order valence-corrected chi connectivity index (χ3v) is 3.87. The van der Waals surface area contributed by atoms with Gasteiger partial charge in [-0.25, -0.2) is 0 Å². The summed E-state index contributed by atoms with van der Waals surface area (Å²) in [5.74, 6) is 0. The minimum atomic E-state index is -0.302. The number of aryl methyl sites for hydroxylation is 1. The maximum atomic E-state index is 10.1. The second kappa shape index (κ2) is 7.63. The molecule has 0 aromatic heterocycles. The molecule has 0 aliphatic carbocycles. The summed E-state index contributed by atoms with van der Waals surface area (Å²) in [5.41, 5.74) is 2.29. The van der Waals surface area contributed by atoms with Crippen LogP contribution < -0.4 is 5.32 Å². The first-order valence-corrected chi connectivity index (χ1v) is 7.43. The number of unbranched alkanes of at least 4 members (excludes halogenated alkanes) is 1. The molecule has 2 N–H and O–H groups in total. The average Bonchev–Trinajstić information content (AvgIpc) is 2.45. The van der Waals surface area contributed by atoms with Crippen molar-refractivity contribution in [2.24, 2.45) is 0 Å². The zero-order chi connectivity index (χ0) is 13.5. The predicted molar refractivity (Wildman–Crippen MR) is 79.3 cm³/mol. The molecule has 19 heavy (non-hydrogen) atoms. The van der Waals surface area contributed by atoms with Gasteiger partial charge in [-0.05, 0) is 38.3 Å². The number of aliphatic hydroxyl groups is 1. The number of nitrogens with zero attached hydrogens (tertiary/aromatic N) is 1. The van der Waals surface area contributed by atoms with Crippen LogP contribution in [-0.4, -0.2) is 42.7 Å². The normalized spacial score (nSPS) is 18.4. The van der Waals surface area contributed by atoms with Crippen molar-refractivity contribution in [3.8, 4) is 0 Å². The number of aliphatic hydroxyl groups excluding tert-OH is 1. The summed E-state index contributed by atoms with van der Waals surface area (Å²) in [5, 5.41) is 13.5. The van der Waals surface area contributed by atoms with Gasteiger partial charge in [-0.1, -0.05) is 29.8 Å². The SMILES string of the molecule is Cc1ccc(C(O)CCCCN2CCNCC2)cc1. The molecule has 0 bridgehead atoms. The maximum Gasteiger partial charge on any atom is 0.0790 e. The highest BCUT2D eigenvalue weighted by Crippen LogP contribution is 2.19. The number of benzene rings is 1. The first-order valence-electron chi connectivity index (χ1n) is 7.43. The van der Waals surface area contributed by atoms with Gasteiger partial charge in [0, 0.05) is 26.2 Å². The molecule has 1 aliphatic rings. The lowest BCUT2D eigenvalue weighted by Crippen LogP contribution is -2.43. The van der Waals surface area contributed by atoms with Crippen LogP contribution in [0.25, 0.3) is 0 Å². The van der Waals surface area contributed by atoms with Gasteiger partial charge in [0.05, 0.1) is 6.10 Å². The van der Waals surface area contributed by atoms with E-state index >= 15 is 0 Å². The van der Waals surface area contributed by atoms with Crippen LogP contribution >= 0.6 is 0 Å². The van der Waals surface area contributed by atoms with E-state index in [-0.39, 0.29) is 6.10 Å². The third-order valence-electron chi connectivity index (χ3n) is 3.87. The Bertz CT molecular complexity index is 358. The van der Waals surface area contributed by atoms with Crippen LogP contribution in [0, 0.1) is 6.92 Å². The standard InChI is InChI=1S/C16H26N2O/c1-14-5-7-15(8-6-14)16(19)4-2-3-11-18-12-9-17-10-13-18/h5-8,16-17,19H,2-4,9-13H2,1H3. The fourth-order valence-electron chi connectivity index (χ4n) is 2.56. The van der Waals surface area contributed by atoms with E-state index in [4.69, 9.17) is 0 Å². The first-order chi connectivity index (χ1) is 9.25. The van der Waals surface area contributed by atoms with E-state index in [2.05, 4.69) is 29.3 Å². The number of rotatable bonds is 6. The van der Waals surface area contributed by atoms with Gasteiger partial charge in [0.15, 0.2) is 0 Å². The Labute approximate surface area is 116 Å².